The van der Waals surface area contributed by atoms with Crippen molar-refractivity contribution in [2.24, 2.45) is 20.5 Å². The third-order valence-electron chi connectivity index (χ3n) is 6.39. The van der Waals surface area contributed by atoms with Crippen molar-refractivity contribution in [3.05, 3.63) is 71.8 Å². The van der Waals surface area contributed by atoms with Gasteiger partial charge in [-0.25, -0.2) is 0 Å². The number of nitrogens with zero attached hydrogens (tertiary/aromatic N) is 4. The SMILES string of the molecule is COS(=O)(=O)c1cc(N=Nc2ccc(CS(=O)(=O)O)cc2)ccc1N=Nc1c(CS(=O)(=O)O)cc2c(S(=O)(=O)OC)c(N)ccc2c1O. The van der Waals surface area contributed by atoms with E-state index in [1.807, 2.05) is 0 Å². The van der Waals surface area contributed by atoms with Crippen molar-refractivity contribution in [3.63, 3.8) is 0 Å². The molecule has 0 fully saturated rings. The van der Waals surface area contributed by atoms with E-state index in [1.165, 1.54) is 36.4 Å². The topological polar surface area (TPSA) is 291 Å². The van der Waals surface area contributed by atoms with Crippen LogP contribution in [-0.2, 0) is 60.3 Å². The Kier molecular flexibility index (Phi) is 10.3. The van der Waals surface area contributed by atoms with Gasteiger partial charge < -0.3 is 10.8 Å². The van der Waals surface area contributed by atoms with E-state index >= 15 is 0 Å². The van der Waals surface area contributed by atoms with Crippen molar-refractivity contribution in [2.75, 3.05) is 20.0 Å². The Hall–Kier alpha value is -4.42. The van der Waals surface area contributed by atoms with Gasteiger partial charge in [-0.1, -0.05) is 12.1 Å². The Labute approximate surface area is 274 Å². The van der Waals surface area contributed by atoms with Crippen molar-refractivity contribution in [3.8, 4) is 5.75 Å². The second-order valence-corrected chi connectivity index (χ2v) is 16.0. The molecule has 0 aliphatic carbocycles. The fourth-order valence-electron chi connectivity index (χ4n) is 4.30. The third-order valence-corrected chi connectivity index (χ3v) is 10.5. The molecular weight excluding hydrogens is 719 g/mol. The van der Waals surface area contributed by atoms with Crippen LogP contribution in [0.2, 0.25) is 0 Å². The van der Waals surface area contributed by atoms with Crippen LogP contribution in [0.4, 0.5) is 28.4 Å². The highest BCUT2D eigenvalue weighted by atomic mass is 32.2. The molecule has 22 heteroatoms. The predicted molar refractivity (Wildman–Crippen MR) is 170 cm³/mol. The Morgan fingerprint density at radius 1 is 0.667 bits per heavy atom. The van der Waals surface area contributed by atoms with E-state index in [9.17, 15) is 43.3 Å². The summed E-state index contributed by atoms with van der Waals surface area (Å²) in [6, 6.07) is 12.4. The van der Waals surface area contributed by atoms with Gasteiger partial charge in [0.1, 0.15) is 32.7 Å². The second-order valence-electron chi connectivity index (χ2n) is 9.72. The Balaban J connectivity index is 1.83. The molecule has 0 aromatic heterocycles. The molecule has 0 radical (unpaired) electrons. The standard InChI is InChI=1S/C26H25N5O13S4/c1-43-47(39,40)23-12-18(29-28-17-5-3-15(4-6-17)13-45(33,34)35)7-10-22(23)30-31-24-16(14-46(36,37)38)11-20-19(25(24)32)8-9-21(27)26(20)48(41,42)44-2/h3-12,32H,13-14,27H2,1-2H3,(H,33,34,35)(H,36,37,38). The number of hydrogen-bond donors (Lipinski definition) is 4. The molecule has 5 N–H and O–H groups in total. The van der Waals surface area contributed by atoms with E-state index in [1.54, 1.807) is 0 Å². The third kappa shape index (κ3) is 8.53. The van der Waals surface area contributed by atoms with Crippen LogP contribution in [0.3, 0.4) is 0 Å². The molecule has 0 amide bonds. The van der Waals surface area contributed by atoms with E-state index in [0.717, 1.165) is 38.5 Å². The van der Waals surface area contributed by atoms with Crippen LogP contribution in [0.25, 0.3) is 10.8 Å². The molecule has 0 atom stereocenters. The number of hydrogen-bond acceptors (Lipinski definition) is 16. The molecule has 0 heterocycles. The van der Waals surface area contributed by atoms with E-state index in [0.29, 0.717) is 0 Å². The first kappa shape index (κ1) is 36.4. The molecule has 0 spiro atoms. The fraction of sp³-hybridized carbons (Fsp3) is 0.154. The maximum Gasteiger partial charge on any atom is 0.299 e. The quantitative estimate of drug-likeness (QED) is 0.0677. The predicted octanol–water partition coefficient (Wildman–Crippen LogP) is 4.40. The molecule has 0 aliphatic heterocycles. The summed E-state index contributed by atoms with van der Waals surface area (Å²) < 4.78 is 124. The zero-order valence-corrected chi connectivity index (χ0v) is 27.9. The van der Waals surface area contributed by atoms with Crippen molar-refractivity contribution >= 4 is 79.7 Å². The number of benzene rings is 4. The molecule has 4 rings (SSSR count). The van der Waals surface area contributed by atoms with E-state index in [4.69, 9.17) is 10.3 Å². The molecule has 0 saturated heterocycles. The maximum absolute atomic E-state index is 12.8. The van der Waals surface area contributed by atoms with Crippen LogP contribution in [0.5, 0.6) is 5.75 Å². The summed E-state index contributed by atoms with van der Waals surface area (Å²) >= 11 is 0. The number of anilines is 1. The zero-order chi connectivity index (χ0) is 35.7. The average molecular weight is 744 g/mol. The largest absolute Gasteiger partial charge is 0.505 e. The normalized spacial score (nSPS) is 13.2. The first-order chi connectivity index (χ1) is 22.2. The first-order valence-electron chi connectivity index (χ1n) is 12.9. The van der Waals surface area contributed by atoms with Crippen LogP contribution in [0, 0.1) is 0 Å². The smallest absolute Gasteiger partial charge is 0.299 e. The number of nitrogen functional groups attached to an aromatic ring is 1. The Morgan fingerprint density at radius 3 is 1.83 bits per heavy atom. The van der Waals surface area contributed by atoms with Crippen LogP contribution in [0.1, 0.15) is 11.1 Å². The minimum absolute atomic E-state index is 0.0170. The van der Waals surface area contributed by atoms with Gasteiger partial charge in [-0.15, -0.1) is 10.2 Å². The molecule has 256 valence electrons. The lowest BCUT2D eigenvalue weighted by atomic mass is 10.0. The number of aromatic hydroxyl groups is 1. The first-order valence-corrected chi connectivity index (χ1v) is 18.9. The molecule has 4 aromatic rings. The lowest BCUT2D eigenvalue weighted by Crippen LogP contribution is -2.08. The maximum atomic E-state index is 12.8. The minimum Gasteiger partial charge on any atom is -0.505 e. The molecule has 0 bridgehead atoms. The fourth-order valence-corrected chi connectivity index (χ4v) is 7.29. The van der Waals surface area contributed by atoms with Crippen LogP contribution in [0.15, 0.2) is 90.9 Å². The Morgan fingerprint density at radius 2 is 1.25 bits per heavy atom. The Bertz CT molecular complexity index is 2410. The summed E-state index contributed by atoms with van der Waals surface area (Å²) in [7, 11) is -16.3. The second kappa shape index (κ2) is 13.6. The molecule has 48 heavy (non-hydrogen) atoms. The highest BCUT2D eigenvalue weighted by Gasteiger charge is 2.26. The monoisotopic (exact) mass is 743 g/mol. The number of rotatable bonds is 12. The van der Waals surface area contributed by atoms with Gasteiger partial charge in [-0.2, -0.15) is 43.9 Å². The van der Waals surface area contributed by atoms with Gasteiger partial charge in [0.15, 0.2) is 5.75 Å². The number of phenols is 1. The lowest BCUT2D eigenvalue weighted by molar-refractivity contribution is 0.397. The lowest BCUT2D eigenvalue weighted by Gasteiger charge is -2.14. The van der Waals surface area contributed by atoms with Crippen LogP contribution >= 0.6 is 0 Å². The van der Waals surface area contributed by atoms with Gasteiger partial charge in [0, 0.05) is 16.3 Å². The van der Waals surface area contributed by atoms with Gasteiger partial charge in [-0.3, -0.25) is 17.5 Å². The number of nitrogens with two attached hydrogens (primary N) is 1. The summed E-state index contributed by atoms with van der Waals surface area (Å²) in [5.41, 5.74) is 4.69. The van der Waals surface area contributed by atoms with Gasteiger partial charge >= 0.3 is 0 Å². The van der Waals surface area contributed by atoms with Crippen LogP contribution < -0.4 is 5.73 Å². The van der Waals surface area contributed by atoms with Crippen molar-refractivity contribution in [1.29, 1.82) is 0 Å². The van der Waals surface area contributed by atoms with Crippen molar-refractivity contribution in [2.45, 2.75) is 21.3 Å². The summed E-state index contributed by atoms with van der Waals surface area (Å²) in [6.45, 7) is 0. The summed E-state index contributed by atoms with van der Waals surface area (Å²) in [5.74, 6) is -2.57. The van der Waals surface area contributed by atoms with E-state index < -0.39 is 78.8 Å². The highest BCUT2D eigenvalue weighted by Crippen LogP contribution is 2.44. The summed E-state index contributed by atoms with van der Waals surface area (Å²) in [4.78, 5) is -1.17. The number of fused-ring (bicyclic) bond motifs is 1. The molecule has 0 aliphatic rings. The van der Waals surface area contributed by atoms with Crippen molar-refractivity contribution in [1.82, 2.24) is 0 Å². The average Bonchev–Trinajstić information content (AvgIpc) is 2.99. The number of phenolic OH excluding ortho intramolecular Hbond substituents is 1. The molecule has 4 aromatic carbocycles. The number of azo groups is 2. The highest BCUT2D eigenvalue weighted by molar-refractivity contribution is 7.87. The van der Waals surface area contributed by atoms with Gasteiger partial charge in [-0.05, 0) is 54.1 Å². The minimum atomic E-state index is -4.81. The zero-order valence-electron chi connectivity index (χ0n) is 24.6. The van der Waals surface area contributed by atoms with Gasteiger partial charge in [0.2, 0.25) is 0 Å². The van der Waals surface area contributed by atoms with Crippen molar-refractivity contribution < 1.29 is 56.2 Å². The van der Waals surface area contributed by atoms with Gasteiger partial charge in [0.25, 0.3) is 40.5 Å². The van der Waals surface area contributed by atoms with E-state index in [-0.39, 0.29) is 39.1 Å². The molecule has 0 saturated carbocycles. The molecular formula is C26H25N5O13S4. The molecule has 18 nitrogen and oxygen atoms in total. The van der Waals surface area contributed by atoms with E-state index in [2.05, 4.69) is 28.8 Å². The molecule has 0 unspecified atom stereocenters. The van der Waals surface area contributed by atoms with Gasteiger partial charge in [0.05, 0.1) is 31.3 Å². The van der Waals surface area contributed by atoms with Crippen LogP contribution in [-0.4, -0.2) is 62.1 Å². The summed E-state index contributed by atoms with van der Waals surface area (Å²) in [6.07, 6.45) is 0. The summed E-state index contributed by atoms with van der Waals surface area (Å²) in [5, 5.41) is 26.3.